The summed E-state index contributed by atoms with van der Waals surface area (Å²) in [5.74, 6) is 0.581. The van der Waals surface area contributed by atoms with Gasteiger partial charge < -0.3 is 10.5 Å². The molecule has 1 aliphatic heterocycles. The molecule has 0 atom stereocenters. The van der Waals surface area contributed by atoms with Crippen LogP contribution in [0.15, 0.2) is 34.2 Å². The largest absolute Gasteiger partial charge is 0.379 e. The smallest absolute Gasteiger partial charge is 0.243 e. The lowest BCUT2D eigenvalue weighted by molar-refractivity contribution is 0.0730. The molecule has 0 aliphatic carbocycles. The SMILES string of the molecule is CC(C)(C)N=C(N)SCc1cccc(S(=O)(=O)N2CCOCC2)c1. The van der Waals surface area contributed by atoms with Crippen LogP contribution in [0.5, 0.6) is 0 Å². The monoisotopic (exact) mass is 371 g/mol. The zero-order chi connectivity index (χ0) is 17.8. The summed E-state index contributed by atoms with van der Waals surface area (Å²) in [6.45, 7) is 7.62. The minimum absolute atomic E-state index is 0.224. The molecular formula is C16H25N3O3S2. The predicted molar refractivity (Wildman–Crippen MR) is 98.7 cm³/mol. The Kier molecular flexibility index (Phi) is 6.30. The van der Waals surface area contributed by atoms with Crippen molar-refractivity contribution in [1.82, 2.24) is 4.31 Å². The highest BCUT2D eigenvalue weighted by atomic mass is 32.2. The Balaban J connectivity index is 2.10. The first-order chi connectivity index (χ1) is 11.2. The number of nitrogens with zero attached hydrogens (tertiary/aromatic N) is 2. The van der Waals surface area contributed by atoms with Crippen LogP contribution in [0.4, 0.5) is 0 Å². The van der Waals surface area contributed by atoms with Gasteiger partial charge >= 0.3 is 0 Å². The van der Waals surface area contributed by atoms with E-state index in [0.29, 0.717) is 42.1 Å². The molecule has 0 unspecified atom stereocenters. The normalized spacial score (nSPS) is 17.9. The zero-order valence-electron chi connectivity index (χ0n) is 14.4. The minimum Gasteiger partial charge on any atom is -0.379 e. The molecule has 8 heteroatoms. The van der Waals surface area contributed by atoms with Gasteiger partial charge in [-0.3, -0.25) is 4.99 Å². The molecule has 2 rings (SSSR count). The number of amidine groups is 1. The standard InChI is InChI=1S/C16H25N3O3S2/c1-16(2,3)18-15(17)23-12-13-5-4-6-14(11-13)24(20,21)19-7-9-22-10-8-19/h4-6,11H,7-10,12H2,1-3H3,(H2,17,18). The van der Waals surface area contributed by atoms with Crippen molar-refractivity contribution in [3.63, 3.8) is 0 Å². The maximum atomic E-state index is 12.7. The third-order valence-corrected chi connectivity index (χ3v) is 6.10. The first-order valence-corrected chi connectivity index (χ1v) is 10.3. The predicted octanol–water partition coefficient (Wildman–Crippen LogP) is 2.05. The van der Waals surface area contributed by atoms with E-state index in [9.17, 15) is 8.42 Å². The maximum absolute atomic E-state index is 12.7. The van der Waals surface area contributed by atoms with Gasteiger partial charge in [0.1, 0.15) is 0 Å². The van der Waals surface area contributed by atoms with E-state index in [2.05, 4.69) is 4.99 Å². The molecule has 134 valence electrons. The van der Waals surface area contributed by atoms with E-state index >= 15 is 0 Å². The van der Waals surface area contributed by atoms with Crippen molar-refractivity contribution in [3.8, 4) is 0 Å². The Labute approximate surface area is 148 Å². The van der Waals surface area contributed by atoms with Crippen molar-refractivity contribution < 1.29 is 13.2 Å². The van der Waals surface area contributed by atoms with Crippen molar-refractivity contribution in [1.29, 1.82) is 0 Å². The van der Waals surface area contributed by atoms with Crippen LogP contribution in [0.2, 0.25) is 0 Å². The zero-order valence-corrected chi connectivity index (χ0v) is 16.0. The van der Waals surface area contributed by atoms with Crippen LogP contribution in [-0.4, -0.2) is 49.7 Å². The fourth-order valence-electron chi connectivity index (χ4n) is 2.25. The topological polar surface area (TPSA) is 85.0 Å². The molecule has 0 aromatic heterocycles. The summed E-state index contributed by atoms with van der Waals surface area (Å²) in [6.07, 6.45) is 0. The van der Waals surface area contributed by atoms with Crippen LogP contribution in [-0.2, 0) is 20.5 Å². The summed E-state index contributed by atoms with van der Waals surface area (Å²) >= 11 is 1.41. The van der Waals surface area contributed by atoms with Crippen molar-refractivity contribution in [2.75, 3.05) is 26.3 Å². The Morgan fingerprint density at radius 3 is 2.62 bits per heavy atom. The van der Waals surface area contributed by atoms with Gasteiger partial charge in [0, 0.05) is 18.8 Å². The average Bonchev–Trinajstić information content (AvgIpc) is 2.52. The first kappa shape index (κ1) is 19.2. The second-order valence-corrected chi connectivity index (χ2v) is 9.51. The van der Waals surface area contributed by atoms with E-state index in [1.165, 1.54) is 16.1 Å². The maximum Gasteiger partial charge on any atom is 0.243 e. The molecule has 1 aliphatic rings. The Morgan fingerprint density at radius 2 is 2.00 bits per heavy atom. The quantitative estimate of drug-likeness (QED) is 0.647. The Bertz CT molecular complexity index is 691. The first-order valence-electron chi connectivity index (χ1n) is 7.83. The van der Waals surface area contributed by atoms with Crippen LogP contribution in [0.1, 0.15) is 26.3 Å². The number of rotatable bonds is 4. The lowest BCUT2D eigenvalue weighted by Crippen LogP contribution is -2.40. The molecule has 0 radical (unpaired) electrons. The molecule has 1 aromatic carbocycles. The van der Waals surface area contributed by atoms with E-state index < -0.39 is 10.0 Å². The Hall–Kier alpha value is -1.09. The lowest BCUT2D eigenvalue weighted by atomic mass is 10.1. The van der Waals surface area contributed by atoms with Crippen LogP contribution >= 0.6 is 11.8 Å². The van der Waals surface area contributed by atoms with Gasteiger partial charge in [-0.25, -0.2) is 8.42 Å². The molecule has 6 nitrogen and oxygen atoms in total. The number of ether oxygens (including phenoxy) is 1. The van der Waals surface area contributed by atoms with Gasteiger partial charge in [0.05, 0.1) is 23.6 Å². The molecule has 1 aromatic rings. The van der Waals surface area contributed by atoms with E-state index in [0.717, 1.165) is 5.56 Å². The summed E-state index contributed by atoms with van der Waals surface area (Å²) in [7, 11) is -3.47. The van der Waals surface area contributed by atoms with Gasteiger partial charge in [-0.2, -0.15) is 4.31 Å². The fourth-order valence-corrected chi connectivity index (χ4v) is 4.56. The minimum atomic E-state index is -3.47. The molecule has 1 fully saturated rings. The molecule has 0 spiro atoms. The van der Waals surface area contributed by atoms with Gasteiger partial charge in [-0.15, -0.1) is 0 Å². The van der Waals surface area contributed by atoms with E-state index in [1.807, 2.05) is 26.8 Å². The number of morpholine rings is 1. The molecule has 1 heterocycles. The highest BCUT2D eigenvalue weighted by Gasteiger charge is 2.26. The number of benzene rings is 1. The summed E-state index contributed by atoms with van der Waals surface area (Å²) in [5, 5.41) is 0.504. The third-order valence-electron chi connectivity index (χ3n) is 3.34. The number of sulfonamides is 1. The molecule has 0 amide bonds. The second kappa shape index (κ2) is 7.86. The van der Waals surface area contributed by atoms with Crippen molar-refractivity contribution in [3.05, 3.63) is 29.8 Å². The molecule has 1 saturated heterocycles. The van der Waals surface area contributed by atoms with E-state index in [4.69, 9.17) is 10.5 Å². The van der Waals surface area contributed by atoms with Gasteiger partial charge in [-0.1, -0.05) is 23.9 Å². The van der Waals surface area contributed by atoms with Crippen molar-refractivity contribution >= 4 is 27.0 Å². The van der Waals surface area contributed by atoms with Gasteiger partial charge in [-0.05, 0) is 38.5 Å². The number of hydrogen-bond donors (Lipinski definition) is 1. The Morgan fingerprint density at radius 1 is 1.33 bits per heavy atom. The average molecular weight is 372 g/mol. The summed E-state index contributed by atoms with van der Waals surface area (Å²) in [4.78, 5) is 4.70. The lowest BCUT2D eigenvalue weighted by Gasteiger charge is -2.26. The number of nitrogens with two attached hydrogens (primary N) is 1. The summed E-state index contributed by atoms with van der Waals surface area (Å²) in [6, 6.07) is 7.00. The highest BCUT2D eigenvalue weighted by molar-refractivity contribution is 8.13. The van der Waals surface area contributed by atoms with Gasteiger partial charge in [0.15, 0.2) is 5.17 Å². The third kappa shape index (κ3) is 5.47. The molecule has 0 bridgehead atoms. The van der Waals surface area contributed by atoms with Crippen LogP contribution in [0.3, 0.4) is 0 Å². The number of thioether (sulfide) groups is 1. The summed E-state index contributed by atoms with van der Waals surface area (Å²) in [5.41, 5.74) is 6.60. The summed E-state index contributed by atoms with van der Waals surface area (Å²) < 4.78 is 32.1. The molecule has 0 saturated carbocycles. The van der Waals surface area contributed by atoms with E-state index in [-0.39, 0.29) is 5.54 Å². The fraction of sp³-hybridized carbons (Fsp3) is 0.562. The van der Waals surface area contributed by atoms with Crippen LogP contribution < -0.4 is 5.73 Å². The van der Waals surface area contributed by atoms with Crippen LogP contribution in [0.25, 0.3) is 0 Å². The van der Waals surface area contributed by atoms with Gasteiger partial charge in [0.25, 0.3) is 0 Å². The number of aliphatic imine (C=N–C) groups is 1. The molecule has 24 heavy (non-hydrogen) atoms. The highest BCUT2D eigenvalue weighted by Crippen LogP contribution is 2.21. The second-order valence-electron chi connectivity index (χ2n) is 6.57. The van der Waals surface area contributed by atoms with Crippen molar-refractivity contribution in [2.24, 2.45) is 10.7 Å². The van der Waals surface area contributed by atoms with Gasteiger partial charge in [0.2, 0.25) is 10.0 Å². The number of hydrogen-bond acceptors (Lipinski definition) is 5. The molecule has 2 N–H and O–H groups in total. The van der Waals surface area contributed by atoms with Crippen LogP contribution in [0, 0.1) is 0 Å². The van der Waals surface area contributed by atoms with E-state index in [1.54, 1.807) is 18.2 Å². The van der Waals surface area contributed by atoms with Crippen molar-refractivity contribution in [2.45, 2.75) is 37.0 Å². The molecular weight excluding hydrogens is 346 g/mol.